The molecule has 1 heterocycles. The largest absolute Gasteiger partial charge is 0.289 e. The number of benzene rings is 1. The van der Waals surface area contributed by atoms with Gasteiger partial charge in [-0.25, -0.2) is 13.9 Å². The molecule has 1 atom stereocenters. The minimum atomic E-state index is -3.91. The number of sulfonamides is 1. The Balaban J connectivity index is 2.23. The molecule has 2 aromatic rings. The number of halogens is 1. The molecule has 0 unspecified atom stereocenters. The summed E-state index contributed by atoms with van der Waals surface area (Å²) >= 11 is 3.22. The van der Waals surface area contributed by atoms with Crippen molar-refractivity contribution in [3.8, 4) is 0 Å². The Labute approximate surface area is 141 Å². The highest BCUT2D eigenvalue weighted by Crippen LogP contribution is 2.15. The lowest BCUT2D eigenvalue weighted by molar-refractivity contribution is -0.130. The van der Waals surface area contributed by atoms with Crippen LogP contribution in [-0.2, 0) is 21.2 Å². The third-order valence-corrected chi connectivity index (χ3v) is 5.03. The van der Waals surface area contributed by atoms with Gasteiger partial charge in [0, 0.05) is 16.9 Å². The van der Waals surface area contributed by atoms with Crippen LogP contribution in [0.1, 0.15) is 5.56 Å². The monoisotopic (exact) mass is 399 g/mol. The number of nitrogens with one attached hydrogen (secondary N) is 2. The second kappa shape index (κ2) is 7.64. The molecule has 23 heavy (non-hydrogen) atoms. The molecular weight excluding hydrogens is 386 g/mol. The molecule has 2 rings (SSSR count). The summed E-state index contributed by atoms with van der Waals surface area (Å²) in [6.07, 6.45) is 3.14. The molecule has 0 aliphatic carbocycles. The zero-order valence-electron chi connectivity index (χ0n) is 11.8. The van der Waals surface area contributed by atoms with Crippen LogP contribution >= 0.6 is 15.9 Å². The van der Waals surface area contributed by atoms with Gasteiger partial charge >= 0.3 is 0 Å². The standard InChI is InChI=1S/C14H14BrN3O4S/c15-11-3-5-12(6-4-11)23(21,22)18-13(14(19)17-20)8-10-2-1-7-16-9-10/h1-7,9,13,18,20H,8H2,(H,17,19)/t13-/m1/s1. The van der Waals surface area contributed by atoms with Crippen molar-refractivity contribution in [2.45, 2.75) is 17.4 Å². The number of hydroxylamine groups is 1. The second-order valence-electron chi connectivity index (χ2n) is 4.67. The van der Waals surface area contributed by atoms with Crippen LogP contribution in [0, 0.1) is 0 Å². The summed E-state index contributed by atoms with van der Waals surface area (Å²) in [5.74, 6) is -0.852. The van der Waals surface area contributed by atoms with E-state index in [1.165, 1.54) is 23.8 Å². The summed E-state index contributed by atoms with van der Waals surface area (Å²) in [5.41, 5.74) is 2.13. The first-order chi connectivity index (χ1) is 10.9. The van der Waals surface area contributed by atoms with E-state index in [0.717, 1.165) is 4.47 Å². The van der Waals surface area contributed by atoms with E-state index < -0.39 is 22.0 Å². The fraction of sp³-hybridized carbons (Fsp3) is 0.143. The molecule has 1 aromatic carbocycles. The molecule has 1 aromatic heterocycles. The average molecular weight is 400 g/mol. The lowest BCUT2D eigenvalue weighted by Gasteiger charge is -2.17. The molecule has 122 valence electrons. The smallest absolute Gasteiger partial charge is 0.261 e. The SMILES string of the molecule is O=C(NO)[C@@H](Cc1cccnc1)NS(=O)(=O)c1ccc(Br)cc1. The Morgan fingerprint density at radius 3 is 2.52 bits per heavy atom. The molecule has 3 N–H and O–H groups in total. The van der Waals surface area contributed by atoms with Gasteiger partial charge in [0.05, 0.1) is 4.90 Å². The van der Waals surface area contributed by atoms with Crippen LogP contribution in [-0.4, -0.2) is 30.6 Å². The zero-order valence-corrected chi connectivity index (χ0v) is 14.2. The number of nitrogens with zero attached hydrogens (tertiary/aromatic N) is 1. The molecule has 0 aliphatic heterocycles. The van der Waals surface area contributed by atoms with Crippen LogP contribution in [0.5, 0.6) is 0 Å². The Kier molecular flexibility index (Phi) is 5.83. The maximum absolute atomic E-state index is 12.4. The van der Waals surface area contributed by atoms with E-state index in [1.807, 2.05) is 0 Å². The van der Waals surface area contributed by atoms with Crippen LogP contribution in [0.2, 0.25) is 0 Å². The van der Waals surface area contributed by atoms with E-state index in [1.54, 1.807) is 30.5 Å². The van der Waals surface area contributed by atoms with E-state index in [0.29, 0.717) is 5.56 Å². The van der Waals surface area contributed by atoms with Crippen molar-refractivity contribution in [1.29, 1.82) is 0 Å². The van der Waals surface area contributed by atoms with Gasteiger partial charge in [-0.15, -0.1) is 0 Å². The Morgan fingerprint density at radius 1 is 1.26 bits per heavy atom. The number of carbonyl (C=O) groups excluding carboxylic acids is 1. The van der Waals surface area contributed by atoms with Crippen molar-refractivity contribution in [2.75, 3.05) is 0 Å². The van der Waals surface area contributed by atoms with Crippen molar-refractivity contribution >= 4 is 31.9 Å². The van der Waals surface area contributed by atoms with Gasteiger partial charge in [0.1, 0.15) is 6.04 Å². The predicted octanol–water partition coefficient (Wildman–Crippen LogP) is 1.24. The minimum absolute atomic E-state index is 0.0163. The van der Waals surface area contributed by atoms with Crippen LogP contribution in [0.25, 0.3) is 0 Å². The fourth-order valence-electron chi connectivity index (χ4n) is 1.89. The highest BCUT2D eigenvalue weighted by Gasteiger charge is 2.26. The molecule has 0 fully saturated rings. The Bertz CT molecular complexity index is 766. The van der Waals surface area contributed by atoms with Crippen LogP contribution in [0.3, 0.4) is 0 Å². The van der Waals surface area contributed by atoms with Crippen LogP contribution in [0.15, 0.2) is 58.2 Å². The van der Waals surface area contributed by atoms with Crippen molar-refractivity contribution in [1.82, 2.24) is 15.2 Å². The van der Waals surface area contributed by atoms with Gasteiger partial charge in [-0.1, -0.05) is 22.0 Å². The number of hydrogen-bond donors (Lipinski definition) is 3. The number of amides is 1. The quantitative estimate of drug-likeness (QED) is 0.500. The van der Waals surface area contributed by atoms with Gasteiger partial charge in [-0.05, 0) is 42.3 Å². The van der Waals surface area contributed by atoms with Crippen molar-refractivity contribution < 1.29 is 18.4 Å². The maximum atomic E-state index is 12.4. The summed E-state index contributed by atoms with van der Waals surface area (Å²) in [6.45, 7) is 0. The molecule has 0 spiro atoms. The molecular formula is C14H14BrN3O4S. The van der Waals surface area contributed by atoms with Crippen LogP contribution in [0.4, 0.5) is 0 Å². The fourth-order valence-corrected chi connectivity index (χ4v) is 3.35. The predicted molar refractivity (Wildman–Crippen MR) is 86.1 cm³/mol. The van der Waals surface area contributed by atoms with Gasteiger partial charge in [-0.3, -0.25) is 15.0 Å². The molecule has 0 bridgehead atoms. The highest BCUT2D eigenvalue weighted by atomic mass is 79.9. The molecule has 9 heteroatoms. The molecule has 0 radical (unpaired) electrons. The van der Waals surface area contributed by atoms with E-state index in [9.17, 15) is 13.2 Å². The van der Waals surface area contributed by atoms with E-state index >= 15 is 0 Å². The maximum Gasteiger partial charge on any atom is 0.261 e. The first-order valence-electron chi connectivity index (χ1n) is 6.53. The molecule has 7 nitrogen and oxygen atoms in total. The minimum Gasteiger partial charge on any atom is -0.289 e. The highest BCUT2D eigenvalue weighted by molar-refractivity contribution is 9.10. The normalized spacial score (nSPS) is 12.6. The summed E-state index contributed by atoms with van der Waals surface area (Å²) in [6, 6.07) is 8.19. The third-order valence-electron chi connectivity index (χ3n) is 3.01. The third kappa shape index (κ3) is 4.83. The topological polar surface area (TPSA) is 108 Å². The number of rotatable bonds is 6. The van der Waals surface area contributed by atoms with Crippen molar-refractivity contribution in [2.24, 2.45) is 0 Å². The van der Waals surface area contributed by atoms with Crippen molar-refractivity contribution in [3.63, 3.8) is 0 Å². The second-order valence-corrected chi connectivity index (χ2v) is 7.30. The summed E-state index contributed by atoms with van der Waals surface area (Å²) < 4.78 is 27.7. The lowest BCUT2D eigenvalue weighted by Crippen LogP contribution is -2.47. The van der Waals surface area contributed by atoms with Crippen LogP contribution < -0.4 is 10.2 Å². The van der Waals surface area contributed by atoms with Gasteiger partial charge in [-0.2, -0.15) is 4.72 Å². The van der Waals surface area contributed by atoms with Gasteiger partial charge < -0.3 is 0 Å². The van der Waals surface area contributed by atoms with E-state index in [-0.39, 0.29) is 11.3 Å². The summed E-state index contributed by atoms with van der Waals surface area (Å²) in [7, 11) is -3.91. The summed E-state index contributed by atoms with van der Waals surface area (Å²) in [5, 5.41) is 8.83. The average Bonchev–Trinajstić information content (AvgIpc) is 2.54. The number of aromatic nitrogens is 1. The number of hydrogen-bond acceptors (Lipinski definition) is 5. The first-order valence-corrected chi connectivity index (χ1v) is 8.81. The lowest BCUT2D eigenvalue weighted by atomic mass is 10.1. The molecule has 0 saturated heterocycles. The van der Waals surface area contributed by atoms with E-state index in [2.05, 4.69) is 25.6 Å². The number of carbonyl (C=O) groups is 1. The van der Waals surface area contributed by atoms with Gasteiger partial charge in [0.15, 0.2) is 0 Å². The molecule has 1 amide bonds. The number of pyridine rings is 1. The summed E-state index contributed by atoms with van der Waals surface area (Å²) in [4.78, 5) is 15.7. The van der Waals surface area contributed by atoms with Crippen molar-refractivity contribution in [3.05, 3.63) is 58.8 Å². The van der Waals surface area contributed by atoms with E-state index in [4.69, 9.17) is 5.21 Å². The molecule has 0 aliphatic rings. The molecule has 0 saturated carbocycles. The van der Waals surface area contributed by atoms with Gasteiger partial charge in [0.2, 0.25) is 10.0 Å². The first kappa shape index (κ1) is 17.5. The van der Waals surface area contributed by atoms with Gasteiger partial charge in [0.25, 0.3) is 5.91 Å². The Hall–Kier alpha value is -1.81. The Morgan fingerprint density at radius 2 is 1.96 bits per heavy atom. The zero-order chi connectivity index (χ0) is 16.9.